The topological polar surface area (TPSA) is 34.9 Å². The van der Waals surface area contributed by atoms with Gasteiger partial charge in [0.2, 0.25) is 0 Å². The average Bonchev–Trinajstić information content (AvgIpc) is 2.62. The second-order valence-electron chi connectivity index (χ2n) is 3.40. The van der Waals surface area contributed by atoms with Crippen LogP contribution in [-0.4, -0.2) is 22.7 Å². The maximum Gasteiger partial charge on any atom is 0.153 e. The van der Waals surface area contributed by atoms with Crippen LogP contribution in [0, 0.1) is 0 Å². The van der Waals surface area contributed by atoms with Crippen molar-refractivity contribution in [1.82, 2.24) is 9.78 Å². The molecule has 0 amide bonds. The van der Waals surface area contributed by atoms with Gasteiger partial charge in [-0.1, -0.05) is 13.8 Å². The number of aryl methyl sites for hydroxylation is 2. The molecule has 1 aromatic rings. The van der Waals surface area contributed by atoms with Gasteiger partial charge in [0.15, 0.2) is 6.29 Å². The number of aldehydes is 1. The normalized spacial score (nSPS) is 10.6. The first-order chi connectivity index (χ1) is 7.28. The molecule has 0 spiro atoms. The number of aromatic nitrogens is 2. The first-order valence-corrected chi connectivity index (χ1v) is 5.38. The van der Waals surface area contributed by atoms with E-state index in [4.69, 9.17) is 0 Å². The Balaban J connectivity index is 3.03. The molecule has 0 unspecified atom stereocenters. The number of rotatable bonds is 6. The van der Waals surface area contributed by atoms with Gasteiger partial charge in [0.25, 0.3) is 0 Å². The molecule has 1 aromatic heterocycles. The molecule has 0 bridgehead atoms. The van der Waals surface area contributed by atoms with Gasteiger partial charge in [0.05, 0.1) is 17.9 Å². The summed E-state index contributed by atoms with van der Waals surface area (Å²) in [4.78, 5) is 10.9. The molecule has 0 aromatic carbocycles. The van der Waals surface area contributed by atoms with Crippen LogP contribution in [0.15, 0.2) is 0 Å². The Bertz CT molecular complexity index is 334. The molecule has 0 atom stereocenters. The van der Waals surface area contributed by atoms with Gasteiger partial charge in [-0.2, -0.15) is 5.10 Å². The maximum atomic E-state index is 12.1. The first kappa shape index (κ1) is 11.9. The van der Waals surface area contributed by atoms with Crippen LogP contribution in [0.2, 0.25) is 0 Å². The van der Waals surface area contributed by atoms with Crippen molar-refractivity contribution in [3.63, 3.8) is 0 Å². The van der Waals surface area contributed by atoms with E-state index in [2.05, 4.69) is 5.10 Å². The molecule has 15 heavy (non-hydrogen) atoms. The van der Waals surface area contributed by atoms with Crippen LogP contribution in [0.25, 0.3) is 0 Å². The summed E-state index contributed by atoms with van der Waals surface area (Å²) in [5, 5.41) is 4.33. The molecule has 0 aliphatic carbocycles. The minimum Gasteiger partial charge on any atom is -0.298 e. The first-order valence-electron chi connectivity index (χ1n) is 5.38. The number of hydrogen-bond acceptors (Lipinski definition) is 2. The van der Waals surface area contributed by atoms with Crippen molar-refractivity contribution < 1.29 is 9.18 Å². The second-order valence-corrected chi connectivity index (χ2v) is 3.40. The minimum absolute atomic E-state index is 0.346. The van der Waals surface area contributed by atoms with Crippen molar-refractivity contribution in [3.8, 4) is 0 Å². The van der Waals surface area contributed by atoms with Gasteiger partial charge in [0.1, 0.15) is 0 Å². The zero-order valence-corrected chi connectivity index (χ0v) is 9.29. The van der Waals surface area contributed by atoms with Gasteiger partial charge in [-0.3, -0.25) is 13.9 Å². The van der Waals surface area contributed by atoms with E-state index in [0.717, 1.165) is 30.5 Å². The van der Waals surface area contributed by atoms with Crippen molar-refractivity contribution in [3.05, 3.63) is 17.0 Å². The number of carbonyl (C=O) groups excluding carboxylic acids is 1. The Morgan fingerprint density at radius 2 is 2.13 bits per heavy atom. The summed E-state index contributed by atoms with van der Waals surface area (Å²) in [6.07, 6.45) is 2.81. The highest BCUT2D eigenvalue weighted by Crippen LogP contribution is 2.14. The summed E-state index contributed by atoms with van der Waals surface area (Å²) in [5.74, 6) is 0. The number of carbonyl (C=O) groups is 1. The molecule has 1 heterocycles. The second kappa shape index (κ2) is 5.63. The van der Waals surface area contributed by atoms with Gasteiger partial charge in [-0.25, -0.2) is 0 Å². The predicted molar refractivity (Wildman–Crippen MR) is 57.0 cm³/mol. The fourth-order valence-corrected chi connectivity index (χ4v) is 1.73. The highest BCUT2D eigenvalue weighted by molar-refractivity contribution is 5.78. The summed E-state index contributed by atoms with van der Waals surface area (Å²) in [6.45, 7) is 4.16. The van der Waals surface area contributed by atoms with E-state index in [1.165, 1.54) is 0 Å². The van der Waals surface area contributed by atoms with Crippen LogP contribution in [0.3, 0.4) is 0 Å². The lowest BCUT2D eigenvalue weighted by Crippen LogP contribution is -2.06. The van der Waals surface area contributed by atoms with E-state index in [1.807, 2.05) is 13.8 Å². The van der Waals surface area contributed by atoms with E-state index >= 15 is 0 Å². The van der Waals surface area contributed by atoms with Gasteiger partial charge < -0.3 is 0 Å². The molecule has 3 nitrogen and oxygen atoms in total. The molecule has 0 fully saturated rings. The Morgan fingerprint density at radius 1 is 1.40 bits per heavy atom. The fourth-order valence-electron chi connectivity index (χ4n) is 1.73. The third-order valence-corrected chi connectivity index (χ3v) is 2.47. The maximum absolute atomic E-state index is 12.1. The lowest BCUT2D eigenvalue weighted by molar-refractivity contribution is 0.112. The number of alkyl halides is 1. The van der Waals surface area contributed by atoms with Crippen LogP contribution in [0.4, 0.5) is 4.39 Å². The van der Waals surface area contributed by atoms with Crippen LogP contribution in [-0.2, 0) is 19.4 Å². The van der Waals surface area contributed by atoms with E-state index in [0.29, 0.717) is 18.5 Å². The van der Waals surface area contributed by atoms with E-state index in [9.17, 15) is 9.18 Å². The monoisotopic (exact) mass is 212 g/mol. The Morgan fingerprint density at radius 3 is 2.60 bits per heavy atom. The van der Waals surface area contributed by atoms with Gasteiger partial charge in [0, 0.05) is 12.2 Å². The predicted octanol–water partition coefficient (Wildman–Crippen LogP) is 2.18. The molecule has 0 radical (unpaired) electrons. The molecule has 0 saturated carbocycles. The van der Waals surface area contributed by atoms with Gasteiger partial charge in [-0.05, 0) is 19.3 Å². The minimum atomic E-state index is -0.346. The van der Waals surface area contributed by atoms with Crippen LogP contribution in [0.5, 0.6) is 0 Å². The Labute approximate surface area is 89.3 Å². The van der Waals surface area contributed by atoms with Crippen molar-refractivity contribution in [2.75, 3.05) is 6.67 Å². The van der Waals surface area contributed by atoms with Gasteiger partial charge in [-0.15, -0.1) is 0 Å². The summed E-state index contributed by atoms with van der Waals surface area (Å²) in [6, 6.07) is 0. The summed E-state index contributed by atoms with van der Waals surface area (Å²) in [7, 11) is 0. The van der Waals surface area contributed by atoms with E-state index in [1.54, 1.807) is 4.68 Å². The molecular weight excluding hydrogens is 195 g/mol. The average molecular weight is 212 g/mol. The third-order valence-electron chi connectivity index (χ3n) is 2.47. The highest BCUT2D eigenvalue weighted by Gasteiger charge is 2.13. The largest absolute Gasteiger partial charge is 0.298 e. The molecule has 0 saturated heterocycles. The van der Waals surface area contributed by atoms with Gasteiger partial charge >= 0.3 is 0 Å². The summed E-state index contributed by atoms with van der Waals surface area (Å²) < 4.78 is 13.8. The molecule has 4 heteroatoms. The highest BCUT2D eigenvalue weighted by atomic mass is 19.1. The zero-order valence-electron chi connectivity index (χ0n) is 9.29. The third kappa shape index (κ3) is 2.43. The molecular formula is C11H17FN2O. The van der Waals surface area contributed by atoms with Crippen LogP contribution >= 0.6 is 0 Å². The van der Waals surface area contributed by atoms with E-state index < -0.39 is 0 Å². The fraction of sp³-hybridized carbons (Fsp3) is 0.636. The summed E-state index contributed by atoms with van der Waals surface area (Å²) in [5.41, 5.74) is 2.44. The quantitative estimate of drug-likeness (QED) is 0.677. The molecule has 0 aliphatic rings. The SMILES string of the molecule is CCc1nn(CCCF)c(CC)c1C=O. The number of hydrogen-bond donors (Lipinski definition) is 0. The summed E-state index contributed by atoms with van der Waals surface area (Å²) >= 11 is 0. The Hall–Kier alpha value is -1.19. The Kier molecular flexibility index (Phi) is 4.46. The lowest BCUT2D eigenvalue weighted by Gasteiger charge is -2.03. The van der Waals surface area contributed by atoms with E-state index in [-0.39, 0.29) is 6.67 Å². The van der Waals surface area contributed by atoms with Crippen molar-refractivity contribution in [2.45, 2.75) is 39.7 Å². The molecule has 1 rings (SSSR count). The molecule has 0 aliphatic heterocycles. The van der Waals surface area contributed by atoms with Crippen LogP contribution in [0.1, 0.15) is 42.0 Å². The molecule has 0 N–H and O–H groups in total. The van der Waals surface area contributed by atoms with Crippen molar-refractivity contribution >= 4 is 6.29 Å². The standard InChI is InChI=1S/C11H17FN2O/c1-3-10-9(8-15)11(4-2)14(13-10)7-5-6-12/h8H,3-7H2,1-2H3. The smallest absolute Gasteiger partial charge is 0.153 e. The molecule has 84 valence electrons. The number of halogens is 1. The zero-order chi connectivity index (χ0) is 11.3. The van der Waals surface area contributed by atoms with Crippen molar-refractivity contribution in [1.29, 1.82) is 0 Å². The number of nitrogens with zero attached hydrogens (tertiary/aromatic N) is 2. The van der Waals surface area contributed by atoms with Crippen LogP contribution < -0.4 is 0 Å². The lowest BCUT2D eigenvalue weighted by atomic mass is 10.1. The van der Waals surface area contributed by atoms with Crippen molar-refractivity contribution in [2.24, 2.45) is 0 Å².